The first-order chi connectivity index (χ1) is 10.4. The first-order valence-electron chi connectivity index (χ1n) is 7.47. The summed E-state index contributed by atoms with van der Waals surface area (Å²) in [6, 6.07) is 4.69. The lowest BCUT2D eigenvalue weighted by Gasteiger charge is -2.28. The number of hydrogen-bond donors (Lipinski definition) is 2. The number of carbonyl (C=O) groups is 1. The minimum Gasteiger partial charge on any atom is -0.478 e. The van der Waals surface area contributed by atoms with Gasteiger partial charge in [-0.1, -0.05) is 19.3 Å². The van der Waals surface area contributed by atoms with E-state index in [4.69, 9.17) is 0 Å². The fourth-order valence-corrected chi connectivity index (χ4v) is 3.30. The number of sulfonamides is 1. The average Bonchev–Trinajstić information content (AvgIpc) is 2.37. The van der Waals surface area contributed by atoms with Crippen LogP contribution in [0.2, 0.25) is 0 Å². The van der Waals surface area contributed by atoms with Crippen molar-refractivity contribution < 1.29 is 18.3 Å². The summed E-state index contributed by atoms with van der Waals surface area (Å²) in [6.45, 7) is 1.66. The van der Waals surface area contributed by atoms with E-state index in [0.717, 1.165) is 45.0 Å². The van der Waals surface area contributed by atoms with Crippen LogP contribution in [0.1, 0.15) is 42.5 Å². The summed E-state index contributed by atoms with van der Waals surface area (Å²) in [6.07, 6.45) is 6.68. The van der Waals surface area contributed by atoms with Crippen LogP contribution in [0.25, 0.3) is 0 Å². The van der Waals surface area contributed by atoms with E-state index in [2.05, 4.69) is 9.62 Å². The molecule has 2 N–H and O–H groups in total. The lowest BCUT2D eigenvalue weighted by Crippen LogP contribution is -2.28. The molecule has 7 heteroatoms. The number of nitrogens with one attached hydrogen (secondary N) is 1. The van der Waals surface area contributed by atoms with Crippen LogP contribution in [0.3, 0.4) is 0 Å². The SMILES string of the molecule is CS(=O)(=O)Nc1ccc(N2CCCCCCC2)c(C(=O)O)c1. The van der Waals surface area contributed by atoms with Gasteiger partial charge in [0.15, 0.2) is 0 Å². The molecular formula is C15H22N2O4S. The highest BCUT2D eigenvalue weighted by Gasteiger charge is 2.18. The number of aromatic carboxylic acids is 1. The third-order valence-corrected chi connectivity index (χ3v) is 4.33. The maximum atomic E-state index is 11.5. The Bertz CT molecular complexity index is 635. The van der Waals surface area contributed by atoms with Crippen LogP contribution >= 0.6 is 0 Å². The predicted octanol–water partition coefficient (Wildman–Crippen LogP) is 2.53. The highest BCUT2D eigenvalue weighted by atomic mass is 32.2. The number of benzene rings is 1. The van der Waals surface area contributed by atoms with Gasteiger partial charge in [0.25, 0.3) is 0 Å². The van der Waals surface area contributed by atoms with E-state index in [1.54, 1.807) is 12.1 Å². The second-order valence-corrected chi connectivity index (χ2v) is 7.41. The van der Waals surface area contributed by atoms with Gasteiger partial charge in [-0.25, -0.2) is 13.2 Å². The van der Waals surface area contributed by atoms with Crippen LogP contribution in [0, 0.1) is 0 Å². The third-order valence-electron chi connectivity index (χ3n) is 3.73. The normalized spacial score (nSPS) is 16.7. The quantitative estimate of drug-likeness (QED) is 0.888. The molecule has 1 fully saturated rings. The molecule has 0 aliphatic carbocycles. The molecule has 0 atom stereocenters. The fourth-order valence-electron chi connectivity index (χ4n) is 2.75. The molecule has 0 radical (unpaired) electrons. The van der Waals surface area contributed by atoms with Gasteiger partial charge in [0, 0.05) is 18.8 Å². The molecule has 1 aromatic rings. The van der Waals surface area contributed by atoms with Crippen LogP contribution in [0.15, 0.2) is 18.2 Å². The van der Waals surface area contributed by atoms with Crippen LogP contribution in [0.4, 0.5) is 11.4 Å². The highest BCUT2D eigenvalue weighted by Crippen LogP contribution is 2.27. The van der Waals surface area contributed by atoms with Crippen LogP contribution in [-0.4, -0.2) is 38.8 Å². The molecule has 1 aliphatic rings. The van der Waals surface area contributed by atoms with Gasteiger partial charge in [0.2, 0.25) is 10.0 Å². The second kappa shape index (κ2) is 7.00. The van der Waals surface area contributed by atoms with E-state index in [9.17, 15) is 18.3 Å². The van der Waals surface area contributed by atoms with Crippen molar-refractivity contribution in [2.45, 2.75) is 32.1 Å². The first kappa shape index (κ1) is 16.6. The minimum absolute atomic E-state index is 0.134. The monoisotopic (exact) mass is 326 g/mol. The minimum atomic E-state index is -3.42. The number of anilines is 2. The first-order valence-corrected chi connectivity index (χ1v) is 9.36. The summed E-state index contributed by atoms with van der Waals surface area (Å²) in [7, 11) is -3.42. The van der Waals surface area contributed by atoms with E-state index in [-0.39, 0.29) is 11.3 Å². The van der Waals surface area contributed by atoms with E-state index < -0.39 is 16.0 Å². The van der Waals surface area contributed by atoms with Crippen LogP contribution in [-0.2, 0) is 10.0 Å². The molecule has 0 saturated carbocycles. The van der Waals surface area contributed by atoms with Crippen molar-refractivity contribution in [3.8, 4) is 0 Å². The number of rotatable bonds is 4. The Balaban J connectivity index is 2.31. The molecule has 22 heavy (non-hydrogen) atoms. The summed E-state index contributed by atoms with van der Waals surface area (Å²) in [5.41, 5.74) is 1.07. The predicted molar refractivity (Wildman–Crippen MR) is 87.2 cm³/mol. The van der Waals surface area contributed by atoms with Gasteiger partial charge in [-0.3, -0.25) is 4.72 Å². The molecular weight excluding hydrogens is 304 g/mol. The molecule has 0 unspecified atom stereocenters. The zero-order valence-electron chi connectivity index (χ0n) is 12.7. The molecule has 1 heterocycles. The topological polar surface area (TPSA) is 86.7 Å². The highest BCUT2D eigenvalue weighted by molar-refractivity contribution is 7.92. The lowest BCUT2D eigenvalue weighted by molar-refractivity contribution is 0.0697. The van der Waals surface area contributed by atoms with Crippen molar-refractivity contribution in [2.24, 2.45) is 0 Å². The van der Waals surface area contributed by atoms with Crippen molar-refractivity contribution in [2.75, 3.05) is 29.0 Å². The summed E-state index contributed by atoms with van der Waals surface area (Å²) >= 11 is 0. The Labute approximate surface area is 131 Å². The summed E-state index contributed by atoms with van der Waals surface area (Å²) in [4.78, 5) is 13.6. The fraction of sp³-hybridized carbons (Fsp3) is 0.533. The molecule has 0 bridgehead atoms. The van der Waals surface area contributed by atoms with Crippen LogP contribution < -0.4 is 9.62 Å². The maximum absolute atomic E-state index is 11.5. The average molecular weight is 326 g/mol. The van der Waals surface area contributed by atoms with Crippen LogP contribution in [0.5, 0.6) is 0 Å². The largest absolute Gasteiger partial charge is 0.478 e. The van der Waals surface area contributed by atoms with E-state index in [1.165, 1.54) is 12.5 Å². The third kappa shape index (κ3) is 4.62. The molecule has 1 saturated heterocycles. The number of carboxylic acid groups (broad SMARTS) is 1. The Morgan fingerprint density at radius 3 is 2.27 bits per heavy atom. The lowest BCUT2D eigenvalue weighted by atomic mass is 10.1. The van der Waals surface area contributed by atoms with Crippen molar-refractivity contribution in [1.29, 1.82) is 0 Å². The molecule has 0 spiro atoms. The Hall–Kier alpha value is -1.76. The van der Waals surface area contributed by atoms with Gasteiger partial charge < -0.3 is 10.0 Å². The van der Waals surface area contributed by atoms with Crippen molar-refractivity contribution in [3.63, 3.8) is 0 Å². The van der Waals surface area contributed by atoms with Crippen molar-refractivity contribution >= 4 is 27.4 Å². The van der Waals surface area contributed by atoms with Crippen molar-refractivity contribution in [1.82, 2.24) is 0 Å². The van der Waals surface area contributed by atoms with Gasteiger partial charge >= 0.3 is 5.97 Å². The Morgan fingerprint density at radius 2 is 1.73 bits per heavy atom. The molecule has 2 rings (SSSR count). The standard InChI is InChI=1S/C15H22N2O4S/c1-22(20,21)16-12-7-8-14(13(11-12)15(18)19)17-9-5-3-2-4-6-10-17/h7-8,11,16H,2-6,9-10H2,1H3,(H,18,19). The van der Waals surface area contributed by atoms with Gasteiger partial charge in [-0.2, -0.15) is 0 Å². The number of carboxylic acids is 1. The zero-order valence-corrected chi connectivity index (χ0v) is 13.5. The summed E-state index contributed by atoms with van der Waals surface area (Å²) < 4.78 is 24.9. The molecule has 1 aliphatic heterocycles. The van der Waals surface area contributed by atoms with Gasteiger partial charge in [0.1, 0.15) is 0 Å². The van der Waals surface area contributed by atoms with E-state index >= 15 is 0 Å². The Kier molecular flexibility index (Phi) is 5.28. The maximum Gasteiger partial charge on any atom is 0.337 e. The molecule has 122 valence electrons. The Morgan fingerprint density at radius 1 is 1.14 bits per heavy atom. The van der Waals surface area contributed by atoms with Gasteiger partial charge in [0.05, 0.1) is 17.5 Å². The molecule has 0 aromatic heterocycles. The zero-order chi connectivity index (χ0) is 16.2. The van der Waals surface area contributed by atoms with E-state index in [1.807, 2.05) is 0 Å². The number of hydrogen-bond acceptors (Lipinski definition) is 4. The van der Waals surface area contributed by atoms with Crippen molar-refractivity contribution in [3.05, 3.63) is 23.8 Å². The summed E-state index contributed by atoms with van der Waals surface area (Å²) in [5, 5.41) is 9.44. The second-order valence-electron chi connectivity index (χ2n) is 5.67. The smallest absolute Gasteiger partial charge is 0.337 e. The summed E-state index contributed by atoms with van der Waals surface area (Å²) in [5.74, 6) is -1.05. The van der Waals surface area contributed by atoms with Gasteiger partial charge in [-0.15, -0.1) is 0 Å². The molecule has 0 amide bonds. The number of nitrogens with zero attached hydrogens (tertiary/aromatic N) is 1. The van der Waals surface area contributed by atoms with E-state index in [0.29, 0.717) is 5.69 Å². The van der Waals surface area contributed by atoms with Gasteiger partial charge in [-0.05, 0) is 31.0 Å². The molecule has 1 aromatic carbocycles. The molecule has 6 nitrogen and oxygen atoms in total.